The topological polar surface area (TPSA) is 96.0 Å². The van der Waals surface area contributed by atoms with Gasteiger partial charge in [0, 0.05) is 25.6 Å². The van der Waals surface area contributed by atoms with Crippen molar-refractivity contribution in [2.45, 2.75) is 32.2 Å². The number of anilines is 1. The fourth-order valence-corrected chi connectivity index (χ4v) is 2.43. The Labute approximate surface area is 115 Å². The highest BCUT2D eigenvalue weighted by molar-refractivity contribution is 7.17. The molecule has 0 saturated carbocycles. The number of nitrogens with zero attached hydrogens (tertiary/aromatic N) is 2. The number of rotatable bonds is 6. The Balaban J connectivity index is 1.79. The van der Waals surface area contributed by atoms with Crippen LogP contribution in [0, 0.1) is 0 Å². The third kappa shape index (κ3) is 3.88. The average Bonchev–Trinajstić information content (AvgIpc) is 3.02. The number of hydrogen-bond acceptors (Lipinski definition) is 6. The predicted octanol–water partition coefficient (Wildman–Crippen LogP) is 0.368. The molecule has 3 N–H and O–H groups in total. The second kappa shape index (κ2) is 6.46. The molecule has 19 heavy (non-hydrogen) atoms. The van der Waals surface area contributed by atoms with Crippen LogP contribution in [0.2, 0.25) is 0 Å². The summed E-state index contributed by atoms with van der Waals surface area (Å²) >= 11 is 1.23. The Morgan fingerprint density at radius 3 is 3.05 bits per heavy atom. The van der Waals surface area contributed by atoms with Crippen molar-refractivity contribution in [1.29, 1.82) is 0 Å². The lowest BCUT2D eigenvalue weighted by molar-refractivity contribution is -0.119. The van der Waals surface area contributed by atoms with Gasteiger partial charge in [-0.1, -0.05) is 18.3 Å². The zero-order valence-corrected chi connectivity index (χ0v) is 11.5. The van der Waals surface area contributed by atoms with Crippen molar-refractivity contribution in [2.75, 3.05) is 18.4 Å². The molecule has 1 unspecified atom stereocenters. The van der Waals surface area contributed by atoms with Gasteiger partial charge in [-0.25, -0.2) is 0 Å². The number of nitrogens with one attached hydrogen (secondary N) is 3. The van der Waals surface area contributed by atoms with Gasteiger partial charge in [0.25, 0.3) is 5.91 Å². The van der Waals surface area contributed by atoms with E-state index in [1.165, 1.54) is 11.3 Å². The monoisotopic (exact) mass is 283 g/mol. The standard InChI is InChI=1S/C11H17N5O2S/c1-2-5-12-11-16-15-10(19-11)9(18)13-6-7-3-4-8(17)14-7/h7H,2-6H2,1H3,(H,12,16)(H,13,18)(H,14,17). The fourth-order valence-electron chi connectivity index (χ4n) is 1.74. The van der Waals surface area contributed by atoms with Crippen LogP contribution in [0.5, 0.6) is 0 Å². The highest BCUT2D eigenvalue weighted by Crippen LogP contribution is 2.15. The lowest BCUT2D eigenvalue weighted by Crippen LogP contribution is -2.38. The first kappa shape index (κ1) is 13.7. The van der Waals surface area contributed by atoms with Crippen LogP contribution in [0.1, 0.15) is 36.0 Å². The van der Waals surface area contributed by atoms with E-state index in [1.807, 2.05) is 0 Å². The van der Waals surface area contributed by atoms with Gasteiger partial charge >= 0.3 is 0 Å². The molecule has 1 aromatic rings. The average molecular weight is 283 g/mol. The van der Waals surface area contributed by atoms with Crippen molar-refractivity contribution in [3.63, 3.8) is 0 Å². The summed E-state index contributed by atoms with van der Waals surface area (Å²) in [6.07, 6.45) is 2.28. The van der Waals surface area contributed by atoms with E-state index >= 15 is 0 Å². The van der Waals surface area contributed by atoms with Crippen LogP contribution in [-0.2, 0) is 4.79 Å². The molecule has 2 rings (SSSR count). The van der Waals surface area contributed by atoms with Crippen LogP contribution < -0.4 is 16.0 Å². The lowest BCUT2D eigenvalue weighted by Gasteiger charge is -2.09. The van der Waals surface area contributed by atoms with Crippen LogP contribution in [-0.4, -0.2) is 41.1 Å². The van der Waals surface area contributed by atoms with Crippen molar-refractivity contribution in [3.05, 3.63) is 5.01 Å². The molecular formula is C11H17N5O2S. The summed E-state index contributed by atoms with van der Waals surface area (Å²) in [5.41, 5.74) is 0. The lowest BCUT2D eigenvalue weighted by atomic mass is 10.2. The molecule has 0 aromatic carbocycles. The zero-order chi connectivity index (χ0) is 13.7. The number of amides is 2. The maximum atomic E-state index is 11.8. The second-order valence-corrected chi connectivity index (χ2v) is 5.33. The maximum Gasteiger partial charge on any atom is 0.282 e. The summed E-state index contributed by atoms with van der Waals surface area (Å²) in [6.45, 7) is 3.30. The van der Waals surface area contributed by atoms with Gasteiger partial charge in [-0.2, -0.15) is 0 Å². The third-order valence-corrected chi connectivity index (χ3v) is 3.62. The summed E-state index contributed by atoms with van der Waals surface area (Å²) in [5, 5.41) is 17.4. The maximum absolute atomic E-state index is 11.8. The van der Waals surface area contributed by atoms with E-state index in [9.17, 15) is 9.59 Å². The van der Waals surface area contributed by atoms with Gasteiger partial charge in [0.1, 0.15) is 0 Å². The number of aromatic nitrogens is 2. The van der Waals surface area contributed by atoms with Crippen LogP contribution in [0.25, 0.3) is 0 Å². The molecule has 1 saturated heterocycles. The molecule has 2 amide bonds. The molecule has 0 radical (unpaired) electrons. The molecule has 0 aliphatic carbocycles. The van der Waals surface area contributed by atoms with Crippen LogP contribution in [0.3, 0.4) is 0 Å². The second-order valence-electron chi connectivity index (χ2n) is 4.35. The summed E-state index contributed by atoms with van der Waals surface area (Å²) in [5.74, 6) is -0.204. The highest BCUT2D eigenvalue weighted by Gasteiger charge is 2.22. The first-order valence-electron chi connectivity index (χ1n) is 6.34. The van der Waals surface area contributed by atoms with Gasteiger partial charge in [0.05, 0.1) is 0 Å². The van der Waals surface area contributed by atoms with E-state index in [0.717, 1.165) is 19.4 Å². The van der Waals surface area contributed by atoms with Crippen molar-refractivity contribution < 1.29 is 9.59 Å². The SMILES string of the molecule is CCCNc1nnc(C(=O)NCC2CCC(=O)N2)s1. The number of hydrogen-bond donors (Lipinski definition) is 3. The van der Waals surface area contributed by atoms with E-state index in [0.29, 0.717) is 23.1 Å². The van der Waals surface area contributed by atoms with Crippen LogP contribution >= 0.6 is 11.3 Å². The molecule has 7 nitrogen and oxygen atoms in total. The Morgan fingerprint density at radius 2 is 2.37 bits per heavy atom. The van der Waals surface area contributed by atoms with E-state index in [-0.39, 0.29) is 17.9 Å². The van der Waals surface area contributed by atoms with Gasteiger partial charge in [-0.15, -0.1) is 10.2 Å². The van der Waals surface area contributed by atoms with E-state index in [2.05, 4.69) is 33.1 Å². The Kier molecular flexibility index (Phi) is 4.67. The fraction of sp³-hybridized carbons (Fsp3) is 0.636. The quantitative estimate of drug-likeness (QED) is 0.701. The molecule has 0 spiro atoms. The Morgan fingerprint density at radius 1 is 1.53 bits per heavy atom. The number of carbonyl (C=O) groups is 2. The van der Waals surface area contributed by atoms with E-state index in [1.54, 1.807) is 0 Å². The summed E-state index contributed by atoms with van der Waals surface area (Å²) in [7, 11) is 0. The van der Waals surface area contributed by atoms with Gasteiger partial charge < -0.3 is 16.0 Å². The summed E-state index contributed by atoms with van der Waals surface area (Å²) in [6, 6.07) is 0.0297. The van der Waals surface area contributed by atoms with Crippen LogP contribution in [0.4, 0.5) is 5.13 Å². The molecular weight excluding hydrogens is 266 g/mol. The van der Waals surface area contributed by atoms with Crippen molar-refractivity contribution >= 4 is 28.3 Å². The molecule has 1 aromatic heterocycles. The Hall–Kier alpha value is -1.70. The summed E-state index contributed by atoms with van der Waals surface area (Å²) < 4.78 is 0. The Bertz CT molecular complexity index is 462. The minimum Gasteiger partial charge on any atom is -0.360 e. The first-order chi connectivity index (χ1) is 9.19. The smallest absolute Gasteiger partial charge is 0.282 e. The van der Waals surface area contributed by atoms with Gasteiger partial charge in [0.2, 0.25) is 16.0 Å². The van der Waals surface area contributed by atoms with Crippen molar-refractivity contribution in [2.24, 2.45) is 0 Å². The van der Waals surface area contributed by atoms with E-state index in [4.69, 9.17) is 0 Å². The molecule has 104 valence electrons. The first-order valence-corrected chi connectivity index (χ1v) is 7.15. The highest BCUT2D eigenvalue weighted by atomic mass is 32.1. The predicted molar refractivity (Wildman–Crippen MR) is 72.2 cm³/mol. The zero-order valence-electron chi connectivity index (χ0n) is 10.7. The normalized spacial score (nSPS) is 18.2. The minimum absolute atomic E-state index is 0.0297. The summed E-state index contributed by atoms with van der Waals surface area (Å²) in [4.78, 5) is 22.8. The molecule has 1 atom stereocenters. The van der Waals surface area contributed by atoms with E-state index < -0.39 is 0 Å². The third-order valence-electron chi connectivity index (χ3n) is 2.74. The molecule has 1 fully saturated rings. The van der Waals surface area contributed by atoms with Gasteiger partial charge in [-0.05, 0) is 12.8 Å². The minimum atomic E-state index is -0.247. The number of carbonyl (C=O) groups excluding carboxylic acids is 2. The molecule has 1 aliphatic heterocycles. The van der Waals surface area contributed by atoms with Gasteiger partial charge in [-0.3, -0.25) is 9.59 Å². The molecule has 8 heteroatoms. The van der Waals surface area contributed by atoms with Gasteiger partial charge in [0.15, 0.2) is 0 Å². The molecule has 2 heterocycles. The van der Waals surface area contributed by atoms with Crippen LogP contribution in [0.15, 0.2) is 0 Å². The van der Waals surface area contributed by atoms with Crippen molar-refractivity contribution in [3.8, 4) is 0 Å². The molecule has 1 aliphatic rings. The van der Waals surface area contributed by atoms with Crippen molar-refractivity contribution in [1.82, 2.24) is 20.8 Å². The largest absolute Gasteiger partial charge is 0.360 e. The molecule has 0 bridgehead atoms.